The Morgan fingerprint density at radius 3 is 2.15 bits per heavy atom. The third kappa shape index (κ3) is 5.97. The fourth-order valence-corrected chi connectivity index (χ4v) is 4.50. The quantitative estimate of drug-likeness (QED) is 0.210. The molecule has 0 atom stereocenters. The zero-order chi connectivity index (χ0) is 28.2. The fraction of sp³-hybridized carbons (Fsp3) is 0.0333. The van der Waals surface area contributed by atoms with Crippen molar-refractivity contribution in [3.05, 3.63) is 129 Å². The second-order valence-electron chi connectivity index (χ2n) is 8.69. The van der Waals surface area contributed by atoms with E-state index in [-0.39, 0.29) is 27.3 Å². The van der Waals surface area contributed by atoms with Crippen LogP contribution >= 0.6 is 34.8 Å². The molecule has 4 aromatic carbocycles. The van der Waals surface area contributed by atoms with E-state index in [1.807, 2.05) is 30.3 Å². The first kappa shape index (κ1) is 27.3. The van der Waals surface area contributed by atoms with E-state index in [9.17, 15) is 14.4 Å². The average Bonchev–Trinajstić information content (AvgIpc) is 3.17. The van der Waals surface area contributed by atoms with Gasteiger partial charge in [-0.2, -0.15) is 0 Å². The van der Waals surface area contributed by atoms with Crippen molar-refractivity contribution in [3.63, 3.8) is 0 Å². The van der Waals surface area contributed by atoms with Gasteiger partial charge in [0.1, 0.15) is 23.1 Å². The second kappa shape index (κ2) is 11.8. The molecule has 1 heterocycles. The molecule has 0 spiro atoms. The molecule has 40 heavy (non-hydrogen) atoms. The molecule has 0 radical (unpaired) electrons. The van der Waals surface area contributed by atoms with Gasteiger partial charge in [0.2, 0.25) is 0 Å². The first-order valence-electron chi connectivity index (χ1n) is 12.0. The van der Waals surface area contributed by atoms with Crippen LogP contribution in [-0.2, 0) is 16.2 Å². The van der Waals surface area contributed by atoms with E-state index < -0.39 is 11.8 Å². The Morgan fingerprint density at radius 2 is 1.45 bits per heavy atom. The molecular weight excluding hydrogens is 573 g/mol. The molecule has 0 aromatic heterocycles. The summed E-state index contributed by atoms with van der Waals surface area (Å²) in [4.78, 5) is 39.4. The summed E-state index contributed by atoms with van der Waals surface area (Å²) in [6.07, 6.45) is 0. The van der Waals surface area contributed by atoms with Gasteiger partial charge in [0.25, 0.3) is 17.7 Å². The lowest BCUT2D eigenvalue weighted by Gasteiger charge is -2.17. The lowest BCUT2D eigenvalue weighted by Crippen LogP contribution is -2.32. The summed E-state index contributed by atoms with van der Waals surface area (Å²) < 4.78 is 5.78. The standard InChI is InChI=1S/C30H20Cl3N3O4/c31-20-8-15-24(32)25(16-20)36-29(38)26(33)27(30(36)39)34-21-9-6-19(7-10-21)28(37)35-22-11-13-23(14-12-22)40-17-18-4-2-1-3-5-18/h1-16,34H,17H2,(H,35,37). The van der Waals surface area contributed by atoms with Crippen LogP contribution in [0.2, 0.25) is 10.0 Å². The summed E-state index contributed by atoms with van der Waals surface area (Å²) in [7, 11) is 0. The Balaban J connectivity index is 1.20. The normalized spacial score (nSPS) is 13.0. The van der Waals surface area contributed by atoms with Crippen LogP contribution < -0.4 is 20.3 Å². The summed E-state index contributed by atoms with van der Waals surface area (Å²) in [6, 6.07) is 27.7. The summed E-state index contributed by atoms with van der Waals surface area (Å²) in [5.41, 5.74) is 2.51. The fourth-order valence-electron chi connectivity index (χ4n) is 3.92. The topological polar surface area (TPSA) is 87.7 Å². The third-order valence-electron chi connectivity index (χ3n) is 5.95. The van der Waals surface area contributed by atoms with Crippen molar-refractivity contribution in [2.45, 2.75) is 6.61 Å². The lowest BCUT2D eigenvalue weighted by atomic mass is 10.2. The zero-order valence-corrected chi connectivity index (χ0v) is 22.9. The van der Waals surface area contributed by atoms with Gasteiger partial charge < -0.3 is 15.4 Å². The van der Waals surface area contributed by atoms with E-state index >= 15 is 0 Å². The highest BCUT2D eigenvalue weighted by Gasteiger charge is 2.40. The number of hydrogen-bond donors (Lipinski definition) is 2. The minimum Gasteiger partial charge on any atom is -0.489 e. The molecular formula is C30H20Cl3N3O4. The third-order valence-corrected chi connectivity index (χ3v) is 6.86. The number of carbonyl (C=O) groups is 3. The van der Waals surface area contributed by atoms with Crippen molar-refractivity contribution in [1.82, 2.24) is 0 Å². The van der Waals surface area contributed by atoms with E-state index in [0.29, 0.717) is 34.3 Å². The zero-order valence-electron chi connectivity index (χ0n) is 20.7. The minimum absolute atomic E-state index is 0.116. The number of nitrogens with zero attached hydrogens (tertiary/aromatic N) is 1. The monoisotopic (exact) mass is 591 g/mol. The number of anilines is 3. The molecule has 7 nitrogen and oxygen atoms in total. The molecule has 0 bridgehead atoms. The highest BCUT2D eigenvalue weighted by molar-refractivity contribution is 6.54. The number of imide groups is 1. The Kier molecular flexibility index (Phi) is 8.07. The molecule has 0 saturated heterocycles. The van der Waals surface area contributed by atoms with Crippen LogP contribution in [0.25, 0.3) is 0 Å². The van der Waals surface area contributed by atoms with Gasteiger partial charge >= 0.3 is 0 Å². The predicted octanol–water partition coefficient (Wildman–Crippen LogP) is 7.26. The summed E-state index contributed by atoms with van der Waals surface area (Å²) in [5.74, 6) is -1.06. The van der Waals surface area contributed by atoms with Gasteiger partial charge in [0, 0.05) is 22.0 Å². The maximum absolute atomic E-state index is 13.0. The average molecular weight is 593 g/mol. The maximum Gasteiger partial charge on any atom is 0.283 e. The van der Waals surface area contributed by atoms with E-state index in [1.54, 1.807) is 54.6 Å². The molecule has 0 saturated carbocycles. The van der Waals surface area contributed by atoms with E-state index in [4.69, 9.17) is 39.5 Å². The molecule has 3 amide bonds. The van der Waals surface area contributed by atoms with Gasteiger partial charge in [-0.15, -0.1) is 0 Å². The minimum atomic E-state index is -0.731. The molecule has 2 N–H and O–H groups in total. The number of halogens is 3. The summed E-state index contributed by atoms with van der Waals surface area (Å²) >= 11 is 18.4. The highest BCUT2D eigenvalue weighted by Crippen LogP contribution is 2.35. The van der Waals surface area contributed by atoms with Crippen molar-refractivity contribution in [2.24, 2.45) is 0 Å². The van der Waals surface area contributed by atoms with Crippen molar-refractivity contribution < 1.29 is 19.1 Å². The molecule has 1 aliphatic heterocycles. The van der Waals surface area contributed by atoms with E-state index in [0.717, 1.165) is 10.5 Å². The number of nitrogens with one attached hydrogen (secondary N) is 2. The highest BCUT2D eigenvalue weighted by atomic mass is 35.5. The lowest BCUT2D eigenvalue weighted by molar-refractivity contribution is -0.120. The molecule has 5 rings (SSSR count). The summed E-state index contributed by atoms with van der Waals surface area (Å²) in [6.45, 7) is 0.446. The molecule has 1 aliphatic rings. The number of benzene rings is 4. The van der Waals surface area contributed by atoms with Gasteiger partial charge in [-0.25, -0.2) is 4.90 Å². The maximum atomic E-state index is 13.0. The number of carbonyl (C=O) groups excluding carboxylic acids is 3. The first-order chi connectivity index (χ1) is 19.3. The smallest absolute Gasteiger partial charge is 0.283 e. The molecule has 0 fully saturated rings. The van der Waals surface area contributed by atoms with Gasteiger partial charge in [-0.3, -0.25) is 14.4 Å². The van der Waals surface area contributed by atoms with E-state index in [1.165, 1.54) is 12.1 Å². The van der Waals surface area contributed by atoms with Crippen LogP contribution in [0.4, 0.5) is 17.1 Å². The molecule has 4 aromatic rings. The number of hydrogen-bond acceptors (Lipinski definition) is 5. The van der Waals surface area contributed by atoms with Gasteiger partial charge in [0.05, 0.1) is 10.7 Å². The van der Waals surface area contributed by atoms with Crippen LogP contribution in [-0.4, -0.2) is 17.7 Å². The predicted molar refractivity (Wildman–Crippen MR) is 157 cm³/mol. The van der Waals surface area contributed by atoms with Gasteiger partial charge in [-0.1, -0.05) is 65.1 Å². The molecule has 10 heteroatoms. The Hall–Kier alpha value is -4.30. The largest absolute Gasteiger partial charge is 0.489 e. The second-order valence-corrected chi connectivity index (χ2v) is 9.91. The molecule has 0 unspecified atom stereocenters. The first-order valence-corrected chi connectivity index (χ1v) is 13.1. The number of amides is 3. The van der Waals surface area contributed by atoms with Gasteiger partial charge in [-0.05, 0) is 72.3 Å². The molecule has 200 valence electrons. The van der Waals surface area contributed by atoms with Crippen molar-refractivity contribution >= 4 is 69.6 Å². The SMILES string of the molecule is O=C(Nc1ccc(OCc2ccccc2)cc1)c1ccc(NC2=C(Cl)C(=O)N(c3cc(Cl)ccc3Cl)C2=O)cc1. The van der Waals surface area contributed by atoms with Gasteiger partial charge in [0.15, 0.2) is 0 Å². The van der Waals surface area contributed by atoms with Crippen molar-refractivity contribution in [2.75, 3.05) is 15.5 Å². The Bertz CT molecular complexity index is 1620. The van der Waals surface area contributed by atoms with Crippen molar-refractivity contribution in [1.29, 1.82) is 0 Å². The molecule has 0 aliphatic carbocycles. The number of rotatable bonds is 8. The van der Waals surface area contributed by atoms with Crippen molar-refractivity contribution in [3.8, 4) is 5.75 Å². The van der Waals surface area contributed by atoms with Crippen LogP contribution in [0.3, 0.4) is 0 Å². The number of ether oxygens (including phenoxy) is 1. The summed E-state index contributed by atoms with van der Waals surface area (Å²) in [5, 5.41) is 5.88. The van der Waals surface area contributed by atoms with Crippen LogP contribution in [0.15, 0.2) is 108 Å². The van der Waals surface area contributed by atoms with Crippen LogP contribution in [0, 0.1) is 0 Å². The van der Waals surface area contributed by atoms with Crippen LogP contribution in [0.1, 0.15) is 15.9 Å². The van der Waals surface area contributed by atoms with Crippen LogP contribution in [0.5, 0.6) is 5.75 Å². The van der Waals surface area contributed by atoms with E-state index in [2.05, 4.69) is 10.6 Å². The Labute approximate surface area is 244 Å². The Morgan fingerprint density at radius 1 is 0.775 bits per heavy atom.